The summed E-state index contributed by atoms with van der Waals surface area (Å²) >= 11 is 0. The predicted molar refractivity (Wildman–Crippen MR) is 182 cm³/mol. The van der Waals surface area contributed by atoms with Gasteiger partial charge in [-0.3, -0.25) is 4.98 Å². The number of fused-ring (bicyclic) bond motifs is 3. The van der Waals surface area contributed by atoms with Gasteiger partial charge in [0.05, 0.1) is 0 Å². The van der Waals surface area contributed by atoms with Crippen LogP contribution >= 0.6 is 0 Å². The molecule has 0 N–H and O–H groups in total. The zero-order valence-electron chi connectivity index (χ0n) is 25.1. The fourth-order valence-corrected chi connectivity index (χ4v) is 6.62. The Hall–Kier alpha value is -5.74. The van der Waals surface area contributed by atoms with Gasteiger partial charge in [-0.1, -0.05) is 129 Å². The largest absolute Gasteiger partial charge is 0.265 e. The Bertz CT molecular complexity index is 2110. The van der Waals surface area contributed by atoms with Gasteiger partial charge in [-0.05, 0) is 62.7 Å². The van der Waals surface area contributed by atoms with E-state index in [1.165, 1.54) is 27.8 Å². The molecule has 8 rings (SSSR count). The van der Waals surface area contributed by atoms with Gasteiger partial charge in [0, 0.05) is 34.5 Å². The fourth-order valence-electron chi connectivity index (χ4n) is 6.62. The van der Waals surface area contributed by atoms with Gasteiger partial charge in [0.15, 0.2) is 17.5 Å². The maximum atomic E-state index is 4.99. The van der Waals surface area contributed by atoms with Crippen LogP contribution in [0, 0.1) is 0 Å². The summed E-state index contributed by atoms with van der Waals surface area (Å²) in [5, 5.41) is 0. The highest BCUT2D eigenvalue weighted by Crippen LogP contribution is 2.54. The summed E-state index contributed by atoms with van der Waals surface area (Å²) in [6.45, 7) is 4.65. The molecule has 0 radical (unpaired) electrons. The number of benzene rings is 5. The average molecular weight is 579 g/mol. The molecule has 0 aliphatic heterocycles. The van der Waals surface area contributed by atoms with Crippen molar-refractivity contribution in [1.82, 2.24) is 19.9 Å². The first kappa shape index (κ1) is 26.9. The smallest absolute Gasteiger partial charge is 0.164 e. The Balaban J connectivity index is 1.34. The molecule has 4 nitrogen and oxygen atoms in total. The van der Waals surface area contributed by atoms with Crippen molar-refractivity contribution < 1.29 is 0 Å². The second-order valence-electron chi connectivity index (χ2n) is 11.9. The van der Waals surface area contributed by atoms with Gasteiger partial charge in [0.25, 0.3) is 0 Å². The minimum absolute atomic E-state index is 0.0966. The Morgan fingerprint density at radius 2 is 0.956 bits per heavy atom. The molecule has 0 fully saturated rings. The molecule has 0 atom stereocenters. The van der Waals surface area contributed by atoms with Gasteiger partial charge in [-0.15, -0.1) is 0 Å². The summed E-state index contributed by atoms with van der Waals surface area (Å²) in [6, 6.07) is 46.4. The minimum Gasteiger partial charge on any atom is -0.265 e. The lowest BCUT2D eigenvalue weighted by Crippen LogP contribution is -2.14. The Morgan fingerprint density at radius 3 is 1.62 bits per heavy atom. The number of nitrogens with zero attached hydrogens (tertiary/aromatic N) is 4. The Labute approximate surface area is 263 Å². The van der Waals surface area contributed by atoms with E-state index < -0.39 is 0 Å². The molecular weight excluding hydrogens is 548 g/mol. The summed E-state index contributed by atoms with van der Waals surface area (Å²) in [5.41, 5.74) is 12.7. The van der Waals surface area contributed by atoms with Crippen LogP contribution < -0.4 is 0 Å². The molecule has 4 heteroatoms. The summed E-state index contributed by atoms with van der Waals surface area (Å²) in [5.74, 6) is 1.94. The minimum atomic E-state index is -0.0966. The maximum absolute atomic E-state index is 4.99. The number of hydrogen-bond donors (Lipinski definition) is 0. The van der Waals surface area contributed by atoms with E-state index in [-0.39, 0.29) is 5.41 Å². The molecular formula is C41H30N4. The van der Waals surface area contributed by atoms with E-state index in [1.807, 2.05) is 73.1 Å². The van der Waals surface area contributed by atoms with Crippen LogP contribution in [0.3, 0.4) is 0 Å². The summed E-state index contributed by atoms with van der Waals surface area (Å²) in [6.07, 6.45) is 3.75. The lowest BCUT2D eigenvalue weighted by molar-refractivity contribution is 0.660. The molecule has 0 saturated heterocycles. The SMILES string of the molecule is CC1(C)c2ccccc2-c2c1ccc(-c1cccc(-c3nc(-c4ccccc4)nc(-c4ccccc4)n3)c1)c2-c1ccncc1. The molecule has 0 unspecified atom stereocenters. The van der Waals surface area contributed by atoms with Gasteiger partial charge < -0.3 is 0 Å². The van der Waals surface area contributed by atoms with Crippen LogP contribution in [0.5, 0.6) is 0 Å². The monoisotopic (exact) mass is 578 g/mol. The Kier molecular flexibility index (Phi) is 6.42. The van der Waals surface area contributed by atoms with Gasteiger partial charge >= 0.3 is 0 Å². The highest BCUT2D eigenvalue weighted by Gasteiger charge is 2.37. The zero-order valence-corrected chi connectivity index (χ0v) is 25.1. The lowest BCUT2D eigenvalue weighted by Gasteiger charge is -2.23. The van der Waals surface area contributed by atoms with Gasteiger partial charge in [0.2, 0.25) is 0 Å². The van der Waals surface area contributed by atoms with E-state index >= 15 is 0 Å². The molecule has 2 aromatic heterocycles. The van der Waals surface area contributed by atoms with Gasteiger partial charge in [0.1, 0.15) is 0 Å². The molecule has 0 amide bonds. The van der Waals surface area contributed by atoms with E-state index in [1.54, 1.807) is 0 Å². The van der Waals surface area contributed by atoms with E-state index in [4.69, 9.17) is 15.0 Å². The van der Waals surface area contributed by atoms with E-state index in [0.29, 0.717) is 17.5 Å². The maximum Gasteiger partial charge on any atom is 0.164 e. The van der Waals surface area contributed by atoms with Crippen molar-refractivity contribution in [3.63, 3.8) is 0 Å². The molecule has 7 aromatic rings. The van der Waals surface area contributed by atoms with Crippen molar-refractivity contribution in [2.24, 2.45) is 0 Å². The van der Waals surface area contributed by atoms with Gasteiger partial charge in [-0.25, -0.2) is 15.0 Å². The molecule has 0 bridgehead atoms. The van der Waals surface area contributed by atoms with Crippen LogP contribution in [-0.4, -0.2) is 19.9 Å². The normalized spacial score (nSPS) is 12.8. The predicted octanol–water partition coefficient (Wildman–Crippen LogP) is 9.91. The number of aromatic nitrogens is 4. The third kappa shape index (κ3) is 4.63. The van der Waals surface area contributed by atoms with Crippen molar-refractivity contribution in [3.05, 3.63) is 157 Å². The highest BCUT2D eigenvalue weighted by atomic mass is 15.0. The topological polar surface area (TPSA) is 51.6 Å². The Morgan fingerprint density at radius 1 is 0.400 bits per heavy atom. The highest BCUT2D eigenvalue weighted by molar-refractivity contribution is 6.00. The van der Waals surface area contributed by atoms with Gasteiger partial charge in [-0.2, -0.15) is 0 Å². The van der Waals surface area contributed by atoms with Crippen molar-refractivity contribution in [1.29, 1.82) is 0 Å². The van der Waals surface area contributed by atoms with E-state index in [2.05, 4.69) is 91.6 Å². The average Bonchev–Trinajstić information content (AvgIpc) is 3.35. The van der Waals surface area contributed by atoms with Crippen molar-refractivity contribution in [3.8, 4) is 67.5 Å². The molecule has 214 valence electrons. The summed E-state index contributed by atoms with van der Waals surface area (Å²) in [4.78, 5) is 19.2. The first-order chi connectivity index (χ1) is 22.1. The van der Waals surface area contributed by atoms with Crippen LogP contribution in [0.2, 0.25) is 0 Å². The summed E-state index contributed by atoms with van der Waals surface area (Å²) in [7, 11) is 0. The van der Waals surface area contributed by atoms with Crippen molar-refractivity contribution in [2.75, 3.05) is 0 Å². The lowest BCUT2D eigenvalue weighted by atomic mass is 9.80. The van der Waals surface area contributed by atoms with Crippen LogP contribution in [0.25, 0.3) is 67.5 Å². The number of pyridine rings is 1. The van der Waals surface area contributed by atoms with Crippen molar-refractivity contribution >= 4 is 0 Å². The van der Waals surface area contributed by atoms with E-state index in [0.717, 1.165) is 33.4 Å². The molecule has 0 saturated carbocycles. The molecule has 5 aromatic carbocycles. The third-order valence-electron chi connectivity index (χ3n) is 8.85. The number of hydrogen-bond acceptors (Lipinski definition) is 4. The molecule has 1 aliphatic rings. The molecule has 1 aliphatic carbocycles. The van der Waals surface area contributed by atoms with Crippen molar-refractivity contribution in [2.45, 2.75) is 19.3 Å². The quantitative estimate of drug-likeness (QED) is 0.204. The van der Waals surface area contributed by atoms with Crippen LogP contribution in [0.15, 0.2) is 146 Å². The third-order valence-corrected chi connectivity index (χ3v) is 8.85. The fraction of sp³-hybridized carbons (Fsp3) is 0.0732. The van der Waals surface area contributed by atoms with Crippen LogP contribution in [-0.2, 0) is 5.41 Å². The second kappa shape index (κ2) is 10.8. The summed E-state index contributed by atoms with van der Waals surface area (Å²) < 4.78 is 0. The van der Waals surface area contributed by atoms with Crippen LogP contribution in [0.4, 0.5) is 0 Å². The molecule has 2 heterocycles. The number of rotatable bonds is 5. The molecule has 0 spiro atoms. The molecule has 45 heavy (non-hydrogen) atoms. The van der Waals surface area contributed by atoms with Crippen LogP contribution in [0.1, 0.15) is 25.0 Å². The second-order valence-corrected chi connectivity index (χ2v) is 11.9. The zero-order chi connectivity index (χ0) is 30.4. The first-order valence-electron chi connectivity index (χ1n) is 15.2. The standard InChI is InChI=1S/C41H30N4/c1-41(2)34-19-10-9-18-33(34)37-35(41)21-20-32(36(37)27-22-24-42-25-23-27)30-16-11-17-31(26-30)40-44-38(28-12-5-3-6-13-28)43-39(45-40)29-14-7-4-8-15-29/h3-26H,1-2H3. The first-order valence-corrected chi connectivity index (χ1v) is 15.2. The van der Waals surface area contributed by atoms with E-state index in [9.17, 15) is 0 Å².